The van der Waals surface area contributed by atoms with E-state index in [0.29, 0.717) is 0 Å². The van der Waals surface area contributed by atoms with Gasteiger partial charge in [0.25, 0.3) is 0 Å². The minimum absolute atomic E-state index is 0.895. The molecule has 0 radical (unpaired) electrons. The van der Waals surface area contributed by atoms with Gasteiger partial charge in [0.05, 0.1) is 0 Å². The lowest BCUT2D eigenvalue weighted by Crippen LogP contribution is -2.32. The third-order valence-electron chi connectivity index (χ3n) is 3.69. The predicted molar refractivity (Wildman–Crippen MR) is 76.8 cm³/mol. The summed E-state index contributed by atoms with van der Waals surface area (Å²) >= 11 is 3.45. The fourth-order valence-electron chi connectivity index (χ4n) is 2.30. The Morgan fingerprint density at radius 1 is 1.41 bits per heavy atom. The van der Waals surface area contributed by atoms with Crippen LogP contribution in [0.1, 0.15) is 31.7 Å². The monoisotopic (exact) mass is 296 g/mol. The lowest BCUT2D eigenvalue weighted by molar-refractivity contribution is 0.178. The van der Waals surface area contributed by atoms with Crippen molar-refractivity contribution in [1.82, 2.24) is 4.90 Å². The molecule has 0 spiro atoms. The molecule has 0 saturated heterocycles. The second kappa shape index (κ2) is 5.87. The Bertz CT molecular complexity index is 374. The molecule has 0 bridgehead atoms. The van der Waals surface area contributed by atoms with E-state index >= 15 is 0 Å². The summed E-state index contributed by atoms with van der Waals surface area (Å²) in [6.45, 7) is 5.54. The highest BCUT2D eigenvalue weighted by Gasteiger charge is 2.20. The molecule has 0 aromatic heterocycles. The van der Waals surface area contributed by atoms with E-state index in [9.17, 15) is 0 Å². The molecule has 2 nitrogen and oxygen atoms in total. The predicted octanol–water partition coefficient (Wildman–Crippen LogP) is 3.65. The van der Waals surface area contributed by atoms with Crippen molar-refractivity contribution in [3.05, 3.63) is 28.2 Å². The number of hydrogen-bond acceptors (Lipinski definition) is 2. The van der Waals surface area contributed by atoms with Crippen molar-refractivity contribution in [2.45, 2.75) is 32.7 Å². The molecule has 94 valence electrons. The first-order valence-corrected chi connectivity index (χ1v) is 7.24. The van der Waals surface area contributed by atoms with Crippen molar-refractivity contribution in [3.8, 4) is 0 Å². The number of rotatable bonds is 5. The SMILES string of the molecule is CCN(Cc1ccc(Br)cc1N)CC1CCC1. The van der Waals surface area contributed by atoms with Gasteiger partial charge in [-0.15, -0.1) is 0 Å². The van der Waals surface area contributed by atoms with Gasteiger partial charge in [-0.3, -0.25) is 4.90 Å². The van der Waals surface area contributed by atoms with Crippen LogP contribution in [0, 0.1) is 5.92 Å². The largest absolute Gasteiger partial charge is 0.398 e. The fourth-order valence-corrected chi connectivity index (χ4v) is 2.68. The fraction of sp³-hybridized carbons (Fsp3) is 0.571. The maximum atomic E-state index is 6.05. The van der Waals surface area contributed by atoms with Gasteiger partial charge < -0.3 is 5.73 Å². The summed E-state index contributed by atoms with van der Waals surface area (Å²) < 4.78 is 1.06. The number of nitrogen functional groups attached to an aromatic ring is 1. The highest BCUT2D eigenvalue weighted by atomic mass is 79.9. The Balaban J connectivity index is 1.96. The van der Waals surface area contributed by atoms with Gasteiger partial charge in [-0.1, -0.05) is 35.3 Å². The average molecular weight is 297 g/mol. The van der Waals surface area contributed by atoms with Crippen LogP contribution < -0.4 is 5.73 Å². The van der Waals surface area contributed by atoms with Gasteiger partial charge in [-0.05, 0) is 43.0 Å². The Labute approximate surface area is 112 Å². The minimum atomic E-state index is 0.895. The summed E-state index contributed by atoms with van der Waals surface area (Å²) in [4.78, 5) is 2.50. The van der Waals surface area contributed by atoms with Crippen molar-refractivity contribution >= 4 is 21.6 Å². The lowest BCUT2D eigenvalue weighted by Gasteiger charge is -2.32. The van der Waals surface area contributed by atoms with Gasteiger partial charge in [-0.2, -0.15) is 0 Å². The molecule has 0 atom stereocenters. The molecule has 1 aliphatic rings. The van der Waals surface area contributed by atoms with E-state index in [1.807, 2.05) is 6.07 Å². The smallest absolute Gasteiger partial charge is 0.0371 e. The minimum Gasteiger partial charge on any atom is -0.398 e. The molecule has 1 fully saturated rings. The van der Waals surface area contributed by atoms with Crippen LogP contribution in [0.25, 0.3) is 0 Å². The third kappa shape index (κ3) is 3.46. The molecule has 2 N–H and O–H groups in total. The molecule has 0 unspecified atom stereocenters. The second-order valence-corrected chi connectivity index (χ2v) is 5.88. The maximum Gasteiger partial charge on any atom is 0.0371 e. The summed E-state index contributed by atoms with van der Waals surface area (Å²) in [6, 6.07) is 6.19. The molecule has 1 saturated carbocycles. The topological polar surface area (TPSA) is 29.3 Å². The molecule has 0 amide bonds. The highest BCUT2D eigenvalue weighted by molar-refractivity contribution is 9.10. The van der Waals surface area contributed by atoms with E-state index in [1.165, 1.54) is 31.4 Å². The summed E-state index contributed by atoms with van der Waals surface area (Å²) in [5.74, 6) is 0.923. The van der Waals surface area contributed by atoms with Crippen molar-refractivity contribution in [1.29, 1.82) is 0 Å². The van der Waals surface area contributed by atoms with Crippen LogP contribution >= 0.6 is 15.9 Å². The second-order valence-electron chi connectivity index (χ2n) is 4.97. The van der Waals surface area contributed by atoms with Gasteiger partial charge in [0.2, 0.25) is 0 Å². The van der Waals surface area contributed by atoms with E-state index in [0.717, 1.165) is 29.2 Å². The Morgan fingerprint density at radius 3 is 2.71 bits per heavy atom. The standard InChI is InChI=1S/C14H21BrN2/c1-2-17(9-11-4-3-5-11)10-12-6-7-13(15)8-14(12)16/h6-8,11H,2-5,9-10,16H2,1H3. The van der Waals surface area contributed by atoms with Crippen LogP contribution in [0.15, 0.2) is 22.7 Å². The Kier molecular flexibility index (Phi) is 4.46. The summed E-state index contributed by atoms with van der Waals surface area (Å²) in [7, 11) is 0. The van der Waals surface area contributed by atoms with Crippen molar-refractivity contribution in [2.24, 2.45) is 5.92 Å². The Hall–Kier alpha value is -0.540. The van der Waals surface area contributed by atoms with E-state index in [-0.39, 0.29) is 0 Å². The third-order valence-corrected chi connectivity index (χ3v) is 4.18. The molecule has 1 aromatic rings. The lowest BCUT2D eigenvalue weighted by atomic mass is 9.85. The zero-order valence-electron chi connectivity index (χ0n) is 10.5. The zero-order valence-corrected chi connectivity index (χ0v) is 12.0. The zero-order chi connectivity index (χ0) is 12.3. The molecular formula is C14H21BrN2. The van der Waals surface area contributed by atoms with E-state index in [2.05, 4.69) is 39.9 Å². The van der Waals surface area contributed by atoms with Gasteiger partial charge >= 0.3 is 0 Å². The Morgan fingerprint density at radius 2 is 2.18 bits per heavy atom. The molecule has 3 heteroatoms. The number of benzene rings is 1. The highest BCUT2D eigenvalue weighted by Crippen LogP contribution is 2.28. The normalized spacial score (nSPS) is 16.2. The van der Waals surface area contributed by atoms with Crippen LogP contribution in [0.5, 0.6) is 0 Å². The number of anilines is 1. The maximum absolute atomic E-state index is 6.05. The first-order chi connectivity index (χ1) is 8.19. The first kappa shape index (κ1) is 12.9. The van der Waals surface area contributed by atoms with E-state index in [4.69, 9.17) is 5.73 Å². The van der Waals surface area contributed by atoms with Crippen LogP contribution in [-0.2, 0) is 6.54 Å². The quantitative estimate of drug-likeness (QED) is 0.841. The van der Waals surface area contributed by atoms with Gasteiger partial charge in [-0.25, -0.2) is 0 Å². The van der Waals surface area contributed by atoms with Crippen LogP contribution in [0.3, 0.4) is 0 Å². The number of hydrogen-bond donors (Lipinski definition) is 1. The molecule has 1 aliphatic carbocycles. The molecule has 17 heavy (non-hydrogen) atoms. The molecule has 1 aromatic carbocycles. The van der Waals surface area contributed by atoms with Gasteiger partial charge in [0, 0.05) is 23.2 Å². The molecule has 0 heterocycles. The molecule has 0 aliphatic heterocycles. The van der Waals surface area contributed by atoms with Crippen LogP contribution in [-0.4, -0.2) is 18.0 Å². The number of nitrogens with zero attached hydrogens (tertiary/aromatic N) is 1. The van der Waals surface area contributed by atoms with Crippen molar-refractivity contribution in [3.63, 3.8) is 0 Å². The molecule has 2 rings (SSSR count). The van der Waals surface area contributed by atoms with Crippen molar-refractivity contribution < 1.29 is 0 Å². The number of halogens is 1. The number of nitrogens with two attached hydrogens (primary N) is 1. The van der Waals surface area contributed by atoms with E-state index < -0.39 is 0 Å². The summed E-state index contributed by atoms with van der Waals surface area (Å²) in [6.07, 6.45) is 4.24. The van der Waals surface area contributed by atoms with Crippen LogP contribution in [0.2, 0.25) is 0 Å². The first-order valence-electron chi connectivity index (χ1n) is 6.45. The van der Waals surface area contributed by atoms with Gasteiger partial charge in [0.1, 0.15) is 0 Å². The summed E-state index contributed by atoms with van der Waals surface area (Å²) in [5, 5.41) is 0. The van der Waals surface area contributed by atoms with Crippen molar-refractivity contribution in [2.75, 3.05) is 18.8 Å². The van der Waals surface area contributed by atoms with Gasteiger partial charge in [0.15, 0.2) is 0 Å². The van der Waals surface area contributed by atoms with E-state index in [1.54, 1.807) is 0 Å². The average Bonchev–Trinajstić information content (AvgIpc) is 2.24. The van der Waals surface area contributed by atoms with Crippen LogP contribution in [0.4, 0.5) is 5.69 Å². The molecular weight excluding hydrogens is 276 g/mol. The summed E-state index contributed by atoms with van der Waals surface area (Å²) in [5.41, 5.74) is 8.18.